The predicted octanol–water partition coefficient (Wildman–Crippen LogP) is 2.46. The second kappa shape index (κ2) is 4.59. The number of thiol groups is 1. The van der Waals surface area contributed by atoms with Crippen LogP contribution in [0.4, 0.5) is 0 Å². The number of carboxylic acids is 1. The molecule has 0 spiro atoms. The van der Waals surface area contributed by atoms with Gasteiger partial charge in [0.05, 0.1) is 0 Å². The number of carbonyl (C=O) groups excluding carboxylic acids is 1. The second-order valence-corrected chi connectivity index (χ2v) is 4.16. The Morgan fingerprint density at radius 1 is 1.06 bits per heavy atom. The van der Waals surface area contributed by atoms with Gasteiger partial charge in [0.1, 0.15) is 0 Å². The van der Waals surface area contributed by atoms with Gasteiger partial charge in [-0.15, -0.1) is 12.6 Å². The summed E-state index contributed by atoms with van der Waals surface area (Å²) < 4.78 is 0. The minimum atomic E-state index is -1.21. The van der Waals surface area contributed by atoms with Crippen LogP contribution >= 0.6 is 12.6 Å². The molecule has 3 nitrogen and oxygen atoms in total. The zero-order valence-corrected chi connectivity index (χ0v) is 9.72. The molecule has 0 heterocycles. The van der Waals surface area contributed by atoms with Crippen LogP contribution in [-0.4, -0.2) is 16.2 Å². The van der Waals surface area contributed by atoms with Crippen molar-refractivity contribution in [1.29, 1.82) is 0 Å². The van der Waals surface area contributed by atoms with Crippen LogP contribution in [0.5, 0.6) is 0 Å². The van der Waals surface area contributed by atoms with Gasteiger partial charge < -0.3 is 5.11 Å². The van der Waals surface area contributed by atoms with Crippen LogP contribution in [0.25, 0.3) is 10.8 Å². The topological polar surface area (TPSA) is 54.4 Å². The standard InChI is InChI=1S/C13H10O3S/c14-12(15)11(13(16)17)10-6-5-8-3-1-2-4-9(8)7-10/h1-7,11H,(H,14,15)(H,16,17). The van der Waals surface area contributed by atoms with Gasteiger partial charge in [-0.2, -0.15) is 0 Å². The number of fused-ring (bicyclic) bond motifs is 1. The highest BCUT2D eigenvalue weighted by Gasteiger charge is 2.25. The van der Waals surface area contributed by atoms with E-state index in [1.165, 1.54) is 0 Å². The maximum atomic E-state index is 11.2. The third kappa shape index (κ3) is 2.31. The van der Waals surface area contributed by atoms with Crippen molar-refractivity contribution in [2.24, 2.45) is 0 Å². The first-order valence-electron chi connectivity index (χ1n) is 5.04. The first kappa shape index (κ1) is 11.7. The van der Waals surface area contributed by atoms with Crippen LogP contribution in [0.3, 0.4) is 0 Å². The van der Waals surface area contributed by atoms with E-state index in [1.807, 2.05) is 24.3 Å². The largest absolute Gasteiger partial charge is 0.480 e. The van der Waals surface area contributed by atoms with E-state index in [0.29, 0.717) is 5.56 Å². The number of benzene rings is 2. The van der Waals surface area contributed by atoms with Gasteiger partial charge in [0, 0.05) is 0 Å². The van der Waals surface area contributed by atoms with Crippen LogP contribution in [0, 0.1) is 0 Å². The lowest BCUT2D eigenvalue weighted by Gasteiger charge is -2.09. The highest BCUT2D eigenvalue weighted by atomic mass is 32.1. The lowest BCUT2D eigenvalue weighted by Crippen LogP contribution is -2.17. The van der Waals surface area contributed by atoms with Crippen molar-refractivity contribution >= 4 is 34.5 Å². The van der Waals surface area contributed by atoms with Gasteiger partial charge >= 0.3 is 5.97 Å². The minimum Gasteiger partial charge on any atom is -0.480 e. The number of hydrogen-bond acceptors (Lipinski definition) is 2. The van der Waals surface area contributed by atoms with Crippen molar-refractivity contribution in [1.82, 2.24) is 0 Å². The highest BCUT2D eigenvalue weighted by molar-refractivity contribution is 7.96. The molecule has 0 aromatic heterocycles. The Morgan fingerprint density at radius 2 is 1.71 bits per heavy atom. The Balaban J connectivity index is 2.55. The molecule has 2 rings (SSSR count). The van der Waals surface area contributed by atoms with Crippen molar-refractivity contribution in [3.63, 3.8) is 0 Å². The van der Waals surface area contributed by atoms with Gasteiger partial charge in [-0.1, -0.05) is 36.4 Å². The van der Waals surface area contributed by atoms with E-state index in [1.54, 1.807) is 18.2 Å². The summed E-state index contributed by atoms with van der Waals surface area (Å²) >= 11 is 3.62. The van der Waals surface area contributed by atoms with Gasteiger partial charge in [-0.25, -0.2) is 0 Å². The second-order valence-electron chi connectivity index (χ2n) is 3.72. The van der Waals surface area contributed by atoms with Crippen molar-refractivity contribution < 1.29 is 14.7 Å². The SMILES string of the molecule is O=C(O)C(C(=O)S)c1ccc2ccccc2c1. The van der Waals surface area contributed by atoms with E-state index in [0.717, 1.165) is 10.8 Å². The monoisotopic (exact) mass is 246 g/mol. The maximum absolute atomic E-state index is 11.2. The number of aliphatic carboxylic acids is 1. The van der Waals surface area contributed by atoms with Gasteiger partial charge in [-0.3, -0.25) is 9.59 Å². The summed E-state index contributed by atoms with van der Waals surface area (Å²) in [6.07, 6.45) is 0. The van der Waals surface area contributed by atoms with Crippen molar-refractivity contribution in [3.05, 3.63) is 48.0 Å². The maximum Gasteiger partial charge on any atom is 0.319 e. The first-order chi connectivity index (χ1) is 8.09. The molecule has 0 saturated heterocycles. The van der Waals surface area contributed by atoms with E-state index in [-0.39, 0.29) is 0 Å². The molecule has 0 fully saturated rings. The van der Waals surface area contributed by atoms with E-state index in [2.05, 4.69) is 12.6 Å². The molecule has 4 heteroatoms. The molecule has 86 valence electrons. The molecule has 1 unspecified atom stereocenters. The molecule has 0 amide bonds. The molecule has 0 saturated carbocycles. The van der Waals surface area contributed by atoms with E-state index >= 15 is 0 Å². The van der Waals surface area contributed by atoms with Gasteiger partial charge in [0.25, 0.3) is 0 Å². The van der Waals surface area contributed by atoms with Crippen LogP contribution in [0.2, 0.25) is 0 Å². The van der Waals surface area contributed by atoms with Crippen LogP contribution < -0.4 is 0 Å². The van der Waals surface area contributed by atoms with Crippen LogP contribution in [-0.2, 0) is 9.59 Å². The lowest BCUT2D eigenvalue weighted by molar-refractivity contribution is -0.140. The molecular weight excluding hydrogens is 236 g/mol. The minimum absolute atomic E-state index is 0.455. The number of carbonyl (C=O) groups is 2. The summed E-state index contributed by atoms with van der Waals surface area (Å²) in [6, 6.07) is 12.7. The molecule has 1 atom stereocenters. The van der Waals surface area contributed by atoms with Crippen molar-refractivity contribution in [3.8, 4) is 0 Å². The lowest BCUT2D eigenvalue weighted by atomic mass is 9.97. The van der Waals surface area contributed by atoms with Gasteiger partial charge in [0.2, 0.25) is 5.12 Å². The molecule has 0 aliphatic rings. The number of rotatable bonds is 3. The summed E-state index contributed by atoms with van der Waals surface area (Å²) in [5, 5.41) is 10.3. The summed E-state index contributed by atoms with van der Waals surface area (Å²) in [4.78, 5) is 22.2. The molecule has 0 bridgehead atoms. The highest BCUT2D eigenvalue weighted by Crippen LogP contribution is 2.23. The normalized spacial score (nSPS) is 12.3. The summed E-state index contributed by atoms with van der Waals surface area (Å²) in [6.45, 7) is 0. The molecule has 1 N–H and O–H groups in total. The molecule has 0 radical (unpaired) electrons. The number of carboxylic acid groups (broad SMARTS) is 1. The third-order valence-corrected chi connectivity index (χ3v) is 2.86. The zero-order valence-electron chi connectivity index (χ0n) is 8.83. The average Bonchev–Trinajstić information content (AvgIpc) is 2.28. The van der Waals surface area contributed by atoms with Crippen LogP contribution in [0.15, 0.2) is 42.5 Å². The predicted molar refractivity (Wildman–Crippen MR) is 68.3 cm³/mol. The fourth-order valence-corrected chi connectivity index (χ4v) is 2.04. The van der Waals surface area contributed by atoms with Gasteiger partial charge in [-0.05, 0) is 22.4 Å². The van der Waals surface area contributed by atoms with E-state index in [4.69, 9.17) is 5.11 Å². The Hall–Kier alpha value is -1.81. The Bertz CT molecular complexity index is 578. The fraction of sp³-hybridized carbons (Fsp3) is 0.0769. The first-order valence-corrected chi connectivity index (χ1v) is 5.48. The molecule has 2 aromatic rings. The van der Waals surface area contributed by atoms with E-state index in [9.17, 15) is 9.59 Å². The molecular formula is C13H10O3S. The fourth-order valence-electron chi connectivity index (χ4n) is 1.78. The smallest absolute Gasteiger partial charge is 0.319 e. The van der Waals surface area contributed by atoms with Crippen molar-refractivity contribution in [2.45, 2.75) is 5.92 Å². The third-order valence-electron chi connectivity index (χ3n) is 2.60. The summed E-state index contributed by atoms with van der Waals surface area (Å²) in [5.41, 5.74) is 0.455. The molecule has 17 heavy (non-hydrogen) atoms. The molecule has 0 aliphatic carbocycles. The quantitative estimate of drug-likeness (QED) is 0.646. The van der Waals surface area contributed by atoms with Crippen molar-refractivity contribution in [2.75, 3.05) is 0 Å². The Kier molecular flexibility index (Phi) is 3.15. The summed E-state index contributed by atoms with van der Waals surface area (Å²) in [5.74, 6) is -2.39. The molecule has 0 aliphatic heterocycles. The number of hydrogen-bond donors (Lipinski definition) is 2. The van der Waals surface area contributed by atoms with Crippen LogP contribution in [0.1, 0.15) is 11.5 Å². The average molecular weight is 246 g/mol. The van der Waals surface area contributed by atoms with E-state index < -0.39 is 17.0 Å². The van der Waals surface area contributed by atoms with Gasteiger partial charge in [0.15, 0.2) is 5.92 Å². The Labute approximate surface area is 103 Å². The molecule has 2 aromatic carbocycles. The Morgan fingerprint density at radius 3 is 2.29 bits per heavy atom. The zero-order chi connectivity index (χ0) is 12.4. The summed E-state index contributed by atoms with van der Waals surface area (Å²) in [7, 11) is 0.